The maximum atomic E-state index is 4.32. The fourth-order valence-corrected chi connectivity index (χ4v) is 2.80. The Balaban J connectivity index is 1.94. The molecule has 0 radical (unpaired) electrons. The fourth-order valence-electron chi connectivity index (χ4n) is 2.80. The van der Waals surface area contributed by atoms with Crippen molar-refractivity contribution >= 4 is 11.5 Å². The van der Waals surface area contributed by atoms with Crippen molar-refractivity contribution in [2.75, 3.05) is 30.4 Å². The summed E-state index contributed by atoms with van der Waals surface area (Å²) in [7, 11) is 2.19. The summed E-state index contributed by atoms with van der Waals surface area (Å²) < 4.78 is 0. The minimum Gasteiger partial charge on any atom is -0.374 e. The van der Waals surface area contributed by atoms with Crippen molar-refractivity contribution in [2.45, 2.75) is 39.0 Å². The molecule has 18 heavy (non-hydrogen) atoms. The van der Waals surface area contributed by atoms with E-state index >= 15 is 0 Å². The molecule has 1 aromatic rings. The van der Waals surface area contributed by atoms with E-state index in [0.29, 0.717) is 0 Å². The largest absolute Gasteiger partial charge is 0.374 e. The Bertz CT molecular complexity index is 359. The predicted molar refractivity (Wildman–Crippen MR) is 78.2 cm³/mol. The van der Waals surface area contributed by atoms with Crippen LogP contribution in [-0.2, 0) is 0 Å². The molecule has 1 fully saturated rings. The molecule has 0 aliphatic heterocycles. The summed E-state index contributed by atoms with van der Waals surface area (Å²) in [6, 6.07) is 4.25. The van der Waals surface area contributed by atoms with Gasteiger partial charge in [-0.3, -0.25) is 0 Å². The first-order chi connectivity index (χ1) is 8.79. The van der Waals surface area contributed by atoms with Crippen LogP contribution in [-0.4, -0.2) is 25.1 Å². The topological polar surface area (TPSA) is 28.2 Å². The number of pyridine rings is 1. The standard InChI is InChI=1S/C15H25N3/c1-3-16-15-11-14(9-10-17-15)18(2)12-13-7-5-4-6-8-13/h9-11,13H,3-8,12H2,1-2H3,(H,16,17). The number of hydrogen-bond acceptors (Lipinski definition) is 3. The van der Waals surface area contributed by atoms with Gasteiger partial charge in [0.2, 0.25) is 0 Å². The predicted octanol–water partition coefficient (Wildman–Crippen LogP) is 3.53. The molecule has 0 saturated heterocycles. The number of aromatic nitrogens is 1. The van der Waals surface area contributed by atoms with E-state index in [9.17, 15) is 0 Å². The van der Waals surface area contributed by atoms with E-state index in [-0.39, 0.29) is 0 Å². The van der Waals surface area contributed by atoms with Gasteiger partial charge >= 0.3 is 0 Å². The first-order valence-corrected chi connectivity index (χ1v) is 7.20. The van der Waals surface area contributed by atoms with Crippen molar-refractivity contribution in [3.8, 4) is 0 Å². The summed E-state index contributed by atoms with van der Waals surface area (Å²) in [6.07, 6.45) is 8.95. The SMILES string of the molecule is CCNc1cc(N(C)CC2CCCCC2)ccn1. The second-order valence-corrected chi connectivity index (χ2v) is 5.31. The molecular weight excluding hydrogens is 222 g/mol. The van der Waals surface area contributed by atoms with Gasteiger partial charge in [0, 0.05) is 38.1 Å². The highest BCUT2D eigenvalue weighted by atomic mass is 15.1. The average molecular weight is 247 g/mol. The van der Waals surface area contributed by atoms with Gasteiger partial charge in [-0.15, -0.1) is 0 Å². The highest BCUT2D eigenvalue weighted by Gasteiger charge is 2.15. The Labute approximate surface area is 111 Å². The lowest BCUT2D eigenvalue weighted by atomic mass is 9.89. The van der Waals surface area contributed by atoms with Crippen molar-refractivity contribution < 1.29 is 0 Å². The number of nitrogens with zero attached hydrogens (tertiary/aromatic N) is 2. The van der Waals surface area contributed by atoms with Crippen LogP contribution in [0.2, 0.25) is 0 Å². The quantitative estimate of drug-likeness (QED) is 0.862. The lowest BCUT2D eigenvalue weighted by Crippen LogP contribution is -2.26. The molecule has 1 aromatic heterocycles. The zero-order valence-corrected chi connectivity index (χ0v) is 11.7. The monoisotopic (exact) mass is 247 g/mol. The zero-order chi connectivity index (χ0) is 12.8. The van der Waals surface area contributed by atoms with Crippen molar-refractivity contribution in [1.29, 1.82) is 0 Å². The number of anilines is 2. The summed E-state index contributed by atoms with van der Waals surface area (Å²) in [5.41, 5.74) is 1.27. The molecule has 0 aromatic carbocycles. The molecule has 2 rings (SSSR count). The molecular formula is C15H25N3. The highest BCUT2D eigenvalue weighted by Crippen LogP contribution is 2.26. The molecule has 0 amide bonds. The van der Waals surface area contributed by atoms with Crippen molar-refractivity contribution in [3.05, 3.63) is 18.3 Å². The van der Waals surface area contributed by atoms with E-state index in [1.165, 1.54) is 44.3 Å². The van der Waals surface area contributed by atoms with Crippen LogP contribution in [0, 0.1) is 5.92 Å². The van der Waals surface area contributed by atoms with Crippen molar-refractivity contribution in [3.63, 3.8) is 0 Å². The van der Waals surface area contributed by atoms with E-state index < -0.39 is 0 Å². The van der Waals surface area contributed by atoms with E-state index in [1.807, 2.05) is 6.20 Å². The Kier molecular flexibility index (Phi) is 4.85. The Morgan fingerprint density at radius 3 is 2.83 bits per heavy atom. The highest BCUT2D eigenvalue weighted by molar-refractivity contribution is 5.53. The van der Waals surface area contributed by atoms with Gasteiger partial charge in [0.25, 0.3) is 0 Å². The molecule has 3 heteroatoms. The fraction of sp³-hybridized carbons (Fsp3) is 0.667. The molecule has 1 heterocycles. The summed E-state index contributed by atoms with van der Waals surface area (Å²) >= 11 is 0. The van der Waals surface area contributed by atoms with E-state index in [2.05, 4.69) is 41.3 Å². The molecule has 3 nitrogen and oxygen atoms in total. The van der Waals surface area contributed by atoms with Crippen LogP contribution < -0.4 is 10.2 Å². The minimum absolute atomic E-state index is 0.875. The lowest BCUT2D eigenvalue weighted by molar-refractivity contribution is 0.362. The van der Waals surface area contributed by atoms with Gasteiger partial charge in [0.05, 0.1) is 0 Å². The van der Waals surface area contributed by atoms with Crippen LogP contribution in [0.4, 0.5) is 11.5 Å². The maximum absolute atomic E-state index is 4.32. The third kappa shape index (κ3) is 3.62. The van der Waals surface area contributed by atoms with E-state index in [1.54, 1.807) is 0 Å². The molecule has 0 bridgehead atoms. The van der Waals surface area contributed by atoms with Gasteiger partial charge in [0.1, 0.15) is 5.82 Å². The van der Waals surface area contributed by atoms with Crippen LogP contribution in [0.3, 0.4) is 0 Å². The van der Waals surface area contributed by atoms with Gasteiger partial charge in [-0.2, -0.15) is 0 Å². The molecule has 1 aliphatic rings. The van der Waals surface area contributed by atoms with Crippen LogP contribution in [0.5, 0.6) is 0 Å². The van der Waals surface area contributed by atoms with Crippen LogP contribution >= 0.6 is 0 Å². The smallest absolute Gasteiger partial charge is 0.127 e. The Morgan fingerprint density at radius 1 is 1.33 bits per heavy atom. The second-order valence-electron chi connectivity index (χ2n) is 5.31. The Hall–Kier alpha value is -1.25. The van der Waals surface area contributed by atoms with Crippen LogP contribution in [0.1, 0.15) is 39.0 Å². The zero-order valence-electron chi connectivity index (χ0n) is 11.7. The van der Waals surface area contributed by atoms with Crippen LogP contribution in [0.15, 0.2) is 18.3 Å². The van der Waals surface area contributed by atoms with E-state index in [4.69, 9.17) is 0 Å². The molecule has 0 unspecified atom stereocenters. The molecule has 100 valence electrons. The summed E-state index contributed by atoms with van der Waals surface area (Å²) in [5.74, 6) is 1.85. The second kappa shape index (κ2) is 6.62. The average Bonchev–Trinajstić information content (AvgIpc) is 2.40. The number of nitrogens with one attached hydrogen (secondary N) is 1. The molecule has 1 N–H and O–H groups in total. The van der Waals surface area contributed by atoms with E-state index in [0.717, 1.165) is 18.3 Å². The van der Waals surface area contributed by atoms with Gasteiger partial charge in [-0.05, 0) is 31.7 Å². The molecule has 0 spiro atoms. The summed E-state index contributed by atoms with van der Waals surface area (Å²) in [4.78, 5) is 6.69. The van der Waals surface area contributed by atoms with Gasteiger partial charge in [-0.25, -0.2) is 4.98 Å². The van der Waals surface area contributed by atoms with Crippen LogP contribution in [0.25, 0.3) is 0 Å². The summed E-state index contributed by atoms with van der Waals surface area (Å²) in [6.45, 7) is 4.19. The Morgan fingerprint density at radius 2 is 2.11 bits per heavy atom. The molecule has 1 aliphatic carbocycles. The first kappa shape index (κ1) is 13.2. The number of hydrogen-bond donors (Lipinski definition) is 1. The lowest BCUT2D eigenvalue weighted by Gasteiger charge is -2.28. The first-order valence-electron chi connectivity index (χ1n) is 7.20. The summed E-state index contributed by atoms with van der Waals surface area (Å²) in [5, 5.41) is 3.27. The third-order valence-electron chi connectivity index (χ3n) is 3.80. The van der Waals surface area contributed by atoms with Gasteiger partial charge in [0.15, 0.2) is 0 Å². The molecule has 0 atom stereocenters. The van der Waals surface area contributed by atoms with Crippen molar-refractivity contribution in [2.24, 2.45) is 5.92 Å². The maximum Gasteiger partial charge on any atom is 0.127 e. The molecule has 1 saturated carbocycles. The number of rotatable bonds is 5. The normalized spacial score (nSPS) is 16.6. The third-order valence-corrected chi connectivity index (χ3v) is 3.80. The van der Waals surface area contributed by atoms with Gasteiger partial charge in [-0.1, -0.05) is 19.3 Å². The van der Waals surface area contributed by atoms with Gasteiger partial charge < -0.3 is 10.2 Å². The minimum atomic E-state index is 0.875. The van der Waals surface area contributed by atoms with Crippen molar-refractivity contribution in [1.82, 2.24) is 4.98 Å².